The Kier molecular flexibility index (Phi) is 6.74. The lowest BCUT2D eigenvalue weighted by molar-refractivity contribution is -0.138. The minimum atomic E-state index is -0.284. The number of nitrogens with zero attached hydrogens (tertiary/aromatic N) is 3. The number of hydrogen-bond acceptors (Lipinski definition) is 5. The summed E-state index contributed by atoms with van der Waals surface area (Å²) >= 11 is 7.37. The average Bonchev–Trinajstić information content (AvgIpc) is 2.66. The maximum atomic E-state index is 12.5. The number of rotatable bonds is 5. The summed E-state index contributed by atoms with van der Waals surface area (Å²) in [5, 5.41) is 1.13. The van der Waals surface area contributed by atoms with Crippen LogP contribution in [0.3, 0.4) is 0 Å². The van der Waals surface area contributed by atoms with Crippen LogP contribution in [0, 0.1) is 0 Å². The number of amides is 2. The largest absolute Gasteiger partial charge is 0.339 e. The molecule has 0 unspecified atom stereocenters. The van der Waals surface area contributed by atoms with Crippen LogP contribution in [0.4, 0.5) is 0 Å². The first-order valence-electron chi connectivity index (χ1n) is 8.91. The van der Waals surface area contributed by atoms with Gasteiger partial charge in [-0.1, -0.05) is 35.5 Å². The summed E-state index contributed by atoms with van der Waals surface area (Å²) in [5.74, 6) is 0.533. The van der Waals surface area contributed by atoms with Crippen molar-refractivity contribution < 1.29 is 9.59 Å². The fourth-order valence-corrected chi connectivity index (χ4v) is 4.01. The van der Waals surface area contributed by atoms with Crippen molar-refractivity contribution in [2.45, 2.75) is 24.3 Å². The van der Waals surface area contributed by atoms with Gasteiger partial charge in [0.2, 0.25) is 11.8 Å². The van der Waals surface area contributed by atoms with Crippen LogP contribution in [0.2, 0.25) is 5.02 Å². The van der Waals surface area contributed by atoms with Crippen LogP contribution in [0.1, 0.15) is 18.2 Å². The lowest BCUT2D eigenvalue weighted by Crippen LogP contribution is -2.50. The molecule has 2 aromatic rings. The topological polar surface area (TPSA) is 86.4 Å². The zero-order chi connectivity index (χ0) is 20.1. The third-order valence-electron chi connectivity index (χ3n) is 4.45. The molecule has 7 nitrogen and oxygen atoms in total. The van der Waals surface area contributed by atoms with Crippen molar-refractivity contribution in [3.8, 4) is 0 Å². The highest BCUT2D eigenvalue weighted by Gasteiger charge is 2.22. The van der Waals surface area contributed by atoms with Crippen LogP contribution in [-0.4, -0.2) is 57.8 Å². The van der Waals surface area contributed by atoms with E-state index >= 15 is 0 Å². The highest BCUT2D eigenvalue weighted by Crippen LogP contribution is 2.20. The molecule has 1 aromatic carbocycles. The van der Waals surface area contributed by atoms with Crippen molar-refractivity contribution in [2.24, 2.45) is 0 Å². The number of thioether (sulfide) groups is 1. The molecule has 9 heteroatoms. The first-order chi connectivity index (χ1) is 13.4. The van der Waals surface area contributed by atoms with Gasteiger partial charge in [0.25, 0.3) is 5.56 Å². The van der Waals surface area contributed by atoms with Crippen molar-refractivity contribution in [3.05, 3.63) is 57.0 Å². The number of H-pyrrole nitrogens is 1. The van der Waals surface area contributed by atoms with Crippen LogP contribution in [0.15, 0.2) is 40.3 Å². The highest BCUT2D eigenvalue weighted by atomic mass is 35.5. The molecular weight excluding hydrogens is 400 g/mol. The van der Waals surface area contributed by atoms with Crippen molar-refractivity contribution in [1.29, 1.82) is 0 Å². The minimum absolute atomic E-state index is 0.0183. The normalized spacial score (nSPS) is 14.2. The third-order valence-corrected chi connectivity index (χ3v) is 5.63. The molecular formula is C19H21ClN4O3S. The van der Waals surface area contributed by atoms with Crippen LogP contribution < -0.4 is 5.56 Å². The van der Waals surface area contributed by atoms with E-state index in [1.165, 1.54) is 24.8 Å². The number of aromatic amines is 1. The van der Waals surface area contributed by atoms with Crippen molar-refractivity contribution in [1.82, 2.24) is 19.8 Å². The second-order valence-corrected chi connectivity index (χ2v) is 7.92. The van der Waals surface area contributed by atoms with E-state index in [9.17, 15) is 14.4 Å². The average molecular weight is 421 g/mol. The Hall–Kier alpha value is -2.32. The summed E-state index contributed by atoms with van der Waals surface area (Å²) in [6.45, 7) is 3.59. The van der Waals surface area contributed by atoms with Gasteiger partial charge in [0, 0.05) is 49.9 Å². The van der Waals surface area contributed by atoms with E-state index in [4.69, 9.17) is 11.6 Å². The smallest absolute Gasteiger partial charge is 0.251 e. The van der Waals surface area contributed by atoms with Gasteiger partial charge >= 0.3 is 0 Å². The molecule has 148 valence electrons. The van der Waals surface area contributed by atoms with Crippen molar-refractivity contribution >= 4 is 35.2 Å². The van der Waals surface area contributed by atoms with E-state index in [0.717, 1.165) is 5.56 Å². The summed E-state index contributed by atoms with van der Waals surface area (Å²) < 4.78 is 0. The third kappa shape index (κ3) is 5.59. The molecule has 2 amide bonds. The van der Waals surface area contributed by atoms with Gasteiger partial charge in [-0.25, -0.2) is 4.98 Å². The van der Waals surface area contributed by atoms with Gasteiger partial charge in [-0.05, 0) is 17.7 Å². The number of piperazine rings is 1. The Morgan fingerprint density at radius 3 is 2.57 bits per heavy atom. The van der Waals surface area contributed by atoms with Crippen molar-refractivity contribution in [2.75, 3.05) is 26.2 Å². The summed E-state index contributed by atoms with van der Waals surface area (Å²) in [6.07, 6.45) is 0.0642. The predicted octanol–water partition coefficient (Wildman–Crippen LogP) is 1.95. The molecule has 0 aliphatic carbocycles. The standard InChI is InChI=1S/C19H21ClN4O3S/c1-13(25)23-5-7-24(8-6-23)18(27)11-16-10-17(26)22-19(21-16)28-12-14-3-2-4-15(20)9-14/h2-4,9-10H,5-8,11-12H2,1H3,(H,21,22,26). The predicted molar refractivity (Wildman–Crippen MR) is 108 cm³/mol. The number of aromatic nitrogens is 2. The lowest BCUT2D eigenvalue weighted by atomic mass is 10.2. The summed E-state index contributed by atoms with van der Waals surface area (Å²) in [4.78, 5) is 46.4. The first kappa shape index (κ1) is 20.4. The molecule has 0 atom stereocenters. The number of nitrogens with one attached hydrogen (secondary N) is 1. The van der Waals surface area contributed by atoms with Crippen LogP contribution in [0.5, 0.6) is 0 Å². The summed E-state index contributed by atoms with van der Waals surface area (Å²) in [5.41, 5.74) is 1.18. The maximum Gasteiger partial charge on any atom is 0.251 e. The number of carbonyl (C=O) groups is 2. The zero-order valence-electron chi connectivity index (χ0n) is 15.5. The van der Waals surface area contributed by atoms with Crippen LogP contribution in [-0.2, 0) is 21.8 Å². The Morgan fingerprint density at radius 2 is 1.89 bits per heavy atom. The fraction of sp³-hybridized carbons (Fsp3) is 0.368. The SMILES string of the molecule is CC(=O)N1CCN(C(=O)Cc2cc(=O)[nH]c(SCc3cccc(Cl)c3)n2)CC1. The van der Waals surface area contributed by atoms with Gasteiger partial charge in [-0.15, -0.1) is 0 Å². The number of hydrogen-bond donors (Lipinski definition) is 1. The van der Waals surface area contributed by atoms with Gasteiger partial charge in [0.1, 0.15) is 0 Å². The van der Waals surface area contributed by atoms with E-state index in [1.807, 2.05) is 18.2 Å². The van der Waals surface area contributed by atoms with E-state index in [0.29, 0.717) is 47.8 Å². The molecule has 1 fully saturated rings. The number of benzene rings is 1. The Labute approximate surface area is 172 Å². The van der Waals surface area contributed by atoms with E-state index < -0.39 is 0 Å². The monoisotopic (exact) mass is 420 g/mol. The second-order valence-electron chi connectivity index (χ2n) is 6.52. The molecule has 28 heavy (non-hydrogen) atoms. The van der Waals surface area contributed by atoms with Crippen molar-refractivity contribution in [3.63, 3.8) is 0 Å². The Bertz CT molecular complexity index is 925. The summed E-state index contributed by atoms with van der Waals surface area (Å²) in [7, 11) is 0. The fourth-order valence-electron chi connectivity index (χ4n) is 2.96. The maximum absolute atomic E-state index is 12.5. The van der Waals surface area contributed by atoms with Gasteiger partial charge < -0.3 is 14.8 Å². The van der Waals surface area contributed by atoms with Gasteiger partial charge in [-0.2, -0.15) is 0 Å². The molecule has 0 saturated carbocycles. The molecule has 0 bridgehead atoms. The van der Waals surface area contributed by atoms with E-state index in [-0.39, 0.29) is 23.8 Å². The number of carbonyl (C=O) groups excluding carboxylic acids is 2. The molecule has 0 radical (unpaired) electrons. The summed E-state index contributed by atoms with van der Waals surface area (Å²) in [6, 6.07) is 8.84. The Balaban J connectivity index is 1.61. The molecule has 2 heterocycles. The Morgan fingerprint density at radius 1 is 1.18 bits per heavy atom. The molecule has 1 aromatic heterocycles. The second kappa shape index (κ2) is 9.25. The zero-order valence-corrected chi connectivity index (χ0v) is 17.1. The van der Waals surface area contributed by atoms with Crippen LogP contribution >= 0.6 is 23.4 Å². The first-order valence-corrected chi connectivity index (χ1v) is 10.3. The molecule has 1 N–H and O–H groups in total. The molecule has 1 saturated heterocycles. The van der Waals surface area contributed by atoms with E-state index in [1.54, 1.807) is 15.9 Å². The molecule has 1 aliphatic heterocycles. The molecule has 3 rings (SSSR count). The van der Waals surface area contributed by atoms with Gasteiger partial charge in [0.05, 0.1) is 12.1 Å². The van der Waals surface area contributed by atoms with Gasteiger partial charge in [0.15, 0.2) is 5.16 Å². The lowest BCUT2D eigenvalue weighted by Gasteiger charge is -2.34. The van der Waals surface area contributed by atoms with Crippen LogP contribution in [0.25, 0.3) is 0 Å². The van der Waals surface area contributed by atoms with E-state index in [2.05, 4.69) is 9.97 Å². The number of halogens is 1. The minimum Gasteiger partial charge on any atom is -0.339 e. The molecule has 0 spiro atoms. The quantitative estimate of drug-likeness (QED) is 0.590. The molecule has 1 aliphatic rings. The van der Waals surface area contributed by atoms with Gasteiger partial charge in [-0.3, -0.25) is 14.4 Å². The highest BCUT2D eigenvalue weighted by molar-refractivity contribution is 7.98.